The smallest absolute Gasteiger partial charge is 0.191 e. The number of ether oxygens (including phenoxy) is 1. The highest BCUT2D eigenvalue weighted by Gasteiger charge is 2.20. The van der Waals surface area contributed by atoms with Crippen LogP contribution in [0, 0.1) is 0 Å². The molecule has 0 aliphatic carbocycles. The van der Waals surface area contributed by atoms with Crippen LogP contribution in [0.15, 0.2) is 40.9 Å². The molecule has 1 aliphatic rings. The van der Waals surface area contributed by atoms with Gasteiger partial charge in [0.25, 0.3) is 0 Å². The van der Waals surface area contributed by atoms with Crippen LogP contribution in [0.25, 0.3) is 0 Å². The van der Waals surface area contributed by atoms with E-state index >= 15 is 0 Å². The monoisotopic (exact) mass is 392 g/mol. The molecule has 1 atom stereocenters. The van der Waals surface area contributed by atoms with Crippen molar-refractivity contribution in [1.82, 2.24) is 15.5 Å². The van der Waals surface area contributed by atoms with E-state index in [0.717, 1.165) is 68.8 Å². The van der Waals surface area contributed by atoms with Gasteiger partial charge in [0, 0.05) is 25.2 Å². The van der Waals surface area contributed by atoms with E-state index in [-0.39, 0.29) is 6.04 Å². The summed E-state index contributed by atoms with van der Waals surface area (Å²) in [5.41, 5.74) is 2.61. The minimum absolute atomic E-state index is 0.199. The zero-order valence-corrected chi connectivity index (χ0v) is 17.6. The zero-order chi connectivity index (χ0) is 19.5. The van der Waals surface area contributed by atoms with Crippen molar-refractivity contribution < 1.29 is 4.74 Å². The van der Waals surface area contributed by atoms with Crippen molar-refractivity contribution in [2.24, 2.45) is 4.99 Å². The average Bonchev–Trinajstić information content (AvgIpc) is 2.71. The molecule has 1 aromatic rings. The molecule has 0 radical (unpaired) electrons. The highest BCUT2D eigenvalue weighted by molar-refractivity contribution is 6.31. The van der Waals surface area contributed by atoms with Gasteiger partial charge in [-0.25, -0.2) is 0 Å². The van der Waals surface area contributed by atoms with Gasteiger partial charge in [0.1, 0.15) is 0 Å². The van der Waals surface area contributed by atoms with Crippen LogP contribution in [0.1, 0.15) is 38.3 Å². The number of halogens is 1. The molecule has 6 heteroatoms. The first-order valence-corrected chi connectivity index (χ1v) is 10.3. The molecule has 2 N–H and O–H groups in total. The van der Waals surface area contributed by atoms with Crippen molar-refractivity contribution in [3.8, 4) is 0 Å². The summed E-state index contributed by atoms with van der Waals surface area (Å²) in [7, 11) is 1.81. The molecule has 1 aliphatic heterocycles. The van der Waals surface area contributed by atoms with Gasteiger partial charge in [0.2, 0.25) is 0 Å². The maximum atomic E-state index is 6.48. The van der Waals surface area contributed by atoms with Gasteiger partial charge >= 0.3 is 0 Å². The molecule has 0 saturated heterocycles. The van der Waals surface area contributed by atoms with E-state index in [1.165, 1.54) is 5.57 Å². The van der Waals surface area contributed by atoms with Gasteiger partial charge in [-0.3, -0.25) is 9.89 Å². The van der Waals surface area contributed by atoms with E-state index in [1.54, 1.807) is 0 Å². The number of hydrogen-bond donors (Lipinski definition) is 2. The molecule has 2 rings (SSSR count). The van der Waals surface area contributed by atoms with Crippen LogP contribution in [0.3, 0.4) is 0 Å². The van der Waals surface area contributed by atoms with Crippen LogP contribution < -0.4 is 10.6 Å². The lowest BCUT2D eigenvalue weighted by Crippen LogP contribution is -2.43. The standard InChI is InChI=1S/C21H33ClN4O/c1-4-26(5-2)20(18-8-6-7-9-19(18)22)16-25-21(23-3)24-13-10-17-11-14-27-15-12-17/h6-9,11,20H,4-5,10,12-16H2,1-3H3,(H2,23,24,25). The van der Waals surface area contributed by atoms with Gasteiger partial charge in [0.05, 0.1) is 19.3 Å². The van der Waals surface area contributed by atoms with Crippen LogP contribution in [0.5, 0.6) is 0 Å². The maximum Gasteiger partial charge on any atom is 0.191 e. The topological polar surface area (TPSA) is 48.9 Å². The Hall–Kier alpha value is -1.56. The van der Waals surface area contributed by atoms with Crippen molar-refractivity contribution >= 4 is 17.6 Å². The van der Waals surface area contributed by atoms with Crippen molar-refractivity contribution in [2.75, 3.05) is 46.4 Å². The Morgan fingerprint density at radius 3 is 2.67 bits per heavy atom. The Labute approximate surface area is 168 Å². The summed E-state index contributed by atoms with van der Waals surface area (Å²) >= 11 is 6.48. The largest absolute Gasteiger partial charge is 0.377 e. The molecule has 0 spiro atoms. The third kappa shape index (κ3) is 6.83. The van der Waals surface area contributed by atoms with Gasteiger partial charge in [-0.15, -0.1) is 0 Å². The van der Waals surface area contributed by atoms with Gasteiger partial charge in [-0.2, -0.15) is 0 Å². The molecule has 1 aromatic carbocycles. The summed E-state index contributed by atoms with van der Waals surface area (Å²) in [5, 5.41) is 7.71. The Morgan fingerprint density at radius 2 is 2.04 bits per heavy atom. The molecule has 1 heterocycles. The second kappa shape index (κ2) is 12.0. The number of nitrogens with zero attached hydrogens (tertiary/aromatic N) is 2. The first kappa shape index (κ1) is 21.7. The number of aliphatic imine (C=N–C) groups is 1. The van der Waals surface area contributed by atoms with E-state index in [9.17, 15) is 0 Å². The van der Waals surface area contributed by atoms with Crippen molar-refractivity contribution in [3.05, 3.63) is 46.5 Å². The molecule has 0 bridgehead atoms. The minimum Gasteiger partial charge on any atom is -0.377 e. The second-order valence-electron chi connectivity index (χ2n) is 6.58. The lowest BCUT2D eigenvalue weighted by Gasteiger charge is -2.31. The Bertz CT molecular complexity index is 628. The Kier molecular flexibility index (Phi) is 9.67. The van der Waals surface area contributed by atoms with E-state index in [1.807, 2.05) is 25.2 Å². The Balaban J connectivity index is 1.93. The second-order valence-corrected chi connectivity index (χ2v) is 6.98. The predicted octanol–water partition coefficient (Wildman–Crippen LogP) is 3.62. The lowest BCUT2D eigenvalue weighted by atomic mass is 10.0. The summed E-state index contributed by atoms with van der Waals surface area (Å²) in [6.45, 7) is 9.50. The average molecular weight is 393 g/mol. The molecule has 0 aromatic heterocycles. The van der Waals surface area contributed by atoms with E-state index in [0.29, 0.717) is 0 Å². The van der Waals surface area contributed by atoms with Crippen LogP contribution >= 0.6 is 11.6 Å². The van der Waals surface area contributed by atoms with Crippen LogP contribution in [0.4, 0.5) is 0 Å². The summed E-state index contributed by atoms with van der Waals surface area (Å²) < 4.78 is 5.36. The summed E-state index contributed by atoms with van der Waals surface area (Å²) in [4.78, 5) is 6.78. The number of nitrogens with one attached hydrogen (secondary N) is 2. The number of hydrogen-bond acceptors (Lipinski definition) is 3. The van der Waals surface area contributed by atoms with Gasteiger partial charge < -0.3 is 15.4 Å². The van der Waals surface area contributed by atoms with Gasteiger partial charge in [-0.05, 0) is 37.6 Å². The number of rotatable bonds is 9. The fourth-order valence-electron chi connectivity index (χ4n) is 3.39. The maximum absolute atomic E-state index is 6.48. The van der Waals surface area contributed by atoms with Crippen LogP contribution in [0.2, 0.25) is 5.02 Å². The molecular formula is C21H33ClN4O. The van der Waals surface area contributed by atoms with Crippen LogP contribution in [-0.2, 0) is 4.74 Å². The third-order valence-electron chi connectivity index (χ3n) is 5.00. The van der Waals surface area contributed by atoms with Crippen LogP contribution in [-0.4, -0.2) is 57.3 Å². The Morgan fingerprint density at radius 1 is 1.26 bits per heavy atom. The highest BCUT2D eigenvalue weighted by Crippen LogP contribution is 2.26. The molecular weight excluding hydrogens is 360 g/mol. The third-order valence-corrected chi connectivity index (χ3v) is 5.34. The first-order valence-electron chi connectivity index (χ1n) is 9.88. The van der Waals surface area contributed by atoms with Gasteiger partial charge in [0.15, 0.2) is 5.96 Å². The van der Waals surface area contributed by atoms with Crippen molar-refractivity contribution in [3.63, 3.8) is 0 Å². The first-order chi connectivity index (χ1) is 13.2. The quantitative estimate of drug-likeness (QED) is 0.383. The lowest BCUT2D eigenvalue weighted by molar-refractivity contribution is 0.153. The summed E-state index contributed by atoms with van der Waals surface area (Å²) in [6, 6.07) is 8.30. The molecule has 0 amide bonds. The number of benzene rings is 1. The van der Waals surface area contributed by atoms with Crippen molar-refractivity contribution in [2.45, 2.75) is 32.7 Å². The van der Waals surface area contributed by atoms with E-state index in [2.05, 4.69) is 46.5 Å². The summed E-state index contributed by atoms with van der Waals surface area (Å²) in [5.74, 6) is 0.826. The molecule has 0 fully saturated rings. The molecule has 1 unspecified atom stereocenters. The molecule has 150 valence electrons. The molecule has 0 saturated carbocycles. The summed E-state index contributed by atoms with van der Waals surface area (Å²) in [6.07, 6.45) is 4.24. The number of likely N-dealkylation sites (N-methyl/N-ethyl adjacent to an activating group) is 1. The van der Waals surface area contributed by atoms with E-state index in [4.69, 9.17) is 16.3 Å². The number of guanidine groups is 1. The van der Waals surface area contributed by atoms with E-state index < -0.39 is 0 Å². The zero-order valence-electron chi connectivity index (χ0n) is 16.8. The van der Waals surface area contributed by atoms with Gasteiger partial charge in [-0.1, -0.05) is 55.3 Å². The fraction of sp³-hybridized carbons (Fsp3) is 0.571. The predicted molar refractivity (Wildman–Crippen MR) is 115 cm³/mol. The SMILES string of the molecule is CCN(CC)C(CNC(=NC)NCCC1=CCOCC1)c1ccccc1Cl. The molecule has 27 heavy (non-hydrogen) atoms. The van der Waals surface area contributed by atoms with Crippen molar-refractivity contribution in [1.29, 1.82) is 0 Å². The fourth-order valence-corrected chi connectivity index (χ4v) is 3.66. The highest BCUT2D eigenvalue weighted by atomic mass is 35.5. The molecule has 5 nitrogen and oxygen atoms in total. The normalized spacial score (nSPS) is 16.2. The minimum atomic E-state index is 0.199.